The predicted octanol–water partition coefficient (Wildman–Crippen LogP) is 8.70. The largest absolute Gasteiger partial charge is 0.246 e. The molecule has 0 N–H and O–H groups in total. The highest BCUT2D eigenvalue weighted by Gasteiger charge is 2.43. The summed E-state index contributed by atoms with van der Waals surface area (Å²) < 4.78 is 179. The van der Waals surface area contributed by atoms with E-state index in [1.807, 2.05) is 0 Å². The van der Waals surface area contributed by atoms with E-state index in [0.29, 0.717) is 0 Å². The molecule has 0 aromatic heterocycles. The fourth-order valence-electron chi connectivity index (χ4n) is 7.69. The predicted molar refractivity (Wildman–Crippen MR) is 168 cm³/mol. The van der Waals surface area contributed by atoms with Crippen molar-refractivity contribution in [2.45, 2.75) is 80.1 Å². The maximum atomic E-state index is 15.3. The molecular formula is C36H32BF12-. The van der Waals surface area contributed by atoms with Crippen LogP contribution in [0.1, 0.15) is 66.8 Å². The van der Waals surface area contributed by atoms with E-state index in [4.69, 9.17) is 0 Å². The summed E-state index contributed by atoms with van der Waals surface area (Å²) >= 11 is 0. The monoisotopic (exact) mass is 703 g/mol. The van der Waals surface area contributed by atoms with Gasteiger partial charge in [0, 0.05) is 0 Å². The van der Waals surface area contributed by atoms with Gasteiger partial charge in [-0.2, -0.15) is 21.9 Å². The van der Waals surface area contributed by atoms with E-state index in [1.165, 1.54) is 0 Å². The number of alkyl halides is 12. The minimum atomic E-state index is -3.98. The summed E-state index contributed by atoms with van der Waals surface area (Å²) in [4.78, 5) is 0. The van der Waals surface area contributed by atoms with Gasteiger partial charge < -0.3 is 0 Å². The van der Waals surface area contributed by atoms with Crippen LogP contribution < -0.4 is 21.9 Å². The van der Waals surface area contributed by atoms with E-state index < -0.39 is 153 Å². The molecule has 0 aliphatic carbocycles. The molecule has 0 spiro atoms. The SMILES string of the molecule is FCc1cc(CF)c([B-](c2c(CF)cc(CF)cc2CF)(c2c(CF)cc(CF)cc2CF)c2c(CF)cc(CF)cc2CF)c(CF)c1. The third kappa shape index (κ3) is 6.69. The highest BCUT2D eigenvalue weighted by atomic mass is 19.2. The van der Waals surface area contributed by atoms with Gasteiger partial charge in [0.15, 0.2) is 0 Å². The van der Waals surface area contributed by atoms with Crippen molar-refractivity contribution in [1.82, 2.24) is 0 Å². The third-order valence-corrected chi connectivity index (χ3v) is 9.15. The first-order valence-corrected chi connectivity index (χ1v) is 15.2. The second-order valence-corrected chi connectivity index (χ2v) is 11.8. The minimum Gasteiger partial charge on any atom is -0.246 e. The van der Waals surface area contributed by atoms with Gasteiger partial charge in [-0.05, 0) is 22.3 Å². The van der Waals surface area contributed by atoms with Gasteiger partial charge in [-0.3, -0.25) is 0 Å². The Labute approximate surface area is 276 Å². The van der Waals surface area contributed by atoms with Crippen LogP contribution in [0.25, 0.3) is 0 Å². The lowest BCUT2D eigenvalue weighted by molar-refractivity contribution is 0.466. The number of hydrogen-bond acceptors (Lipinski definition) is 0. The lowest BCUT2D eigenvalue weighted by Crippen LogP contribution is -2.79. The smallest absolute Gasteiger partial charge is 0.115 e. The number of rotatable bonds is 16. The zero-order valence-corrected chi connectivity index (χ0v) is 26.2. The topological polar surface area (TPSA) is 0 Å². The van der Waals surface area contributed by atoms with Gasteiger partial charge in [0.25, 0.3) is 0 Å². The first kappa shape index (κ1) is 37.9. The molecule has 4 aromatic carbocycles. The molecule has 0 radical (unpaired) electrons. The molecule has 0 saturated carbocycles. The third-order valence-electron chi connectivity index (χ3n) is 9.15. The van der Waals surface area contributed by atoms with Gasteiger partial charge in [0.2, 0.25) is 0 Å². The van der Waals surface area contributed by atoms with E-state index in [2.05, 4.69) is 0 Å². The summed E-state index contributed by atoms with van der Waals surface area (Å²) in [6, 6.07) is 7.60. The summed E-state index contributed by atoms with van der Waals surface area (Å²) in [5, 5.41) is 0. The first-order chi connectivity index (χ1) is 23.7. The van der Waals surface area contributed by atoms with Crippen LogP contribution >= 0.6 is 0 Å². The average Bonchev–Trinajstić information content (AvgIpc) is 3.16. The maximum Gasteiger partial charge on any atom is 0.115 e. The van der Waals surface area contributed by atoms with Crippen molar-refractivity contribution in [2.24, 2.45) is 0 Å². The number of halogens is 12. The Kier molecular flexibility index (Phi) is 12.9. The van der Waals surface area contributed by atoms with Gasteiger partial charge >= 0.3 is 0 Å². The standard InChI is InChI=1S/C36H32BF12/c38-9-21-1-25(13-42)33(26(2-21)14-43)37(34-27(15-44)3-22(10-39)4-28(34)16-45,35-29(17-46)5-23(11-40)6-30(35)18-47)36-31(19-48)7-24(12-41)8-32(36)20-49/h1-8H,9-20H2/q-1. The lowest BCUT2D eigenvalue weighted by atomic mass is 9.10. The molecule has 0 aliphatic heterocycles. The van der Waals surface area contributed by atoms with Crippen LogP contribution in [0.2, 0.25) is 0 Å². The fraction of sp³-hybridized carbons (Fsp3) is 0.333. The zero-order chi connectivity index (χ0) is 35.9. The highest BCUT2D eigenvalue weighted by molar-refractivity contribution is 7.21. The van der Waals surface area contributed by atoms with Crippen molar-refractivity contribution in [3.05, 3.63) is 115 Å². The van der Waals surface area contributed by atoms with Crippen molar-refractivity contribution in [3.63, 3.8) is 0 Å². The van der Waals surface area contributed by atoms with E-state index in [-0.39, 0.29) is 22.3 Å². The van der Waals surface area contributed by atoms with E-state index in [0.717, 1.165) is 48.5 Å². The Bertz CT molecular complexity index is 1410. The molecule has 49 heavy (non-hydrogen) atoms. The Morgan fingerprint density at radius 2 is 0.388 bits per heavy atom. The normalized spacial score (nSPS) is 11.8. The van der Waals surface area contributed by atoms with Crippen LogP contribution in [0.15, 0.2) is 48.5 Å². The van der Waals surface area contributed by atoms with Crippen molar-refractivity contribution < 1.29 is 52.7 Å². The molecule has 4 aromatic rings. The second kappa shape index (κ2) is 16.7. The Hall–Kier alpha value is -3.90. The average molecular weight is 703 g/mol. The molecule has 0 amide bonds. The van der Waals surface area contributed by atoms with Crippen LogP contribution in [0.3, 0.4) is 0 Å². The van der Waals surface area contributed by atoms with Gasteiger partial charge in [0.1, 0.15) is 86.2 Å². The summed E-state index contributed by atoms with van der Waals surface area (Å²) in [7, 11) is 0. The van der Waals surface area contributed by atoms with Gasteiger partial charge in [0.05, 0.1) is 0 Å². The quantitative estimate of drug-likeness (QED) is 0.0810. The van der Waals surface area contributed by atoms with Gasteiger partial charge in [-0.25, -0.2) is 52.7 Å². The molecule has 0 bridgehead atoms. The van der Waals surface area contributed by atoms with Crippen LogP contribution in [-0.4, -0.2) is 6.15 Å². The first-order valence-electron chi connectivity index (χ1n) is 15.2. The summed E-state index contributed by atoms with van der Waals surface area (Å²) in [5.74, 6) is 0. The Morgan fingerprint density at radius 3 is 0.490 bits per heavy atom. The van der Waals surface area contributed by atoms with Crippen molar-refractivity contribution in [3.8, 4) is 0 Å². The summed E-state index contributed by atoms with van der Waals surface area (Å²) in [6.45, 7) is -17.2. The summed E-state index contributed by atoms with van der Waals surface area (Å²) in [5.41, 5.74) is -7.55. The van der Waals surface area contributed by atoms with Gasteiger partial charge in [-0.1, -0.05) is 93.0 Å². The lowest BCUT2D eigenvalue weighted by Gasteiger charge is -2.52. The molecule has 0 heterocycles. The molecule has 13 heteroatoms. The molecule has 0 nitrogen and oxygen atoms in total. The second-order valence-electron chi connectivity index (χ2n) is 11.8. The highest BCUT2D eigenvalue weighted by Crippen LogP contribution is 2.30. The van der Waals surface area contributed by atoms with Crippen molar-refractivity contribution in [2.75, 3.05) is 0 Å². The number of benzene rings is 4. The Balaban J connectivity index is 2.62. The molecule has 0 atom stereocenters. The van der Waals surface area contributed by atoms with Crippen LogP contribution in [0.4, 0.5) is 52.7 Å². The van der Waals surface area contributed by atoms with Crippen molar-refractivity contribution in [1.29, 1.82) is 0 Å². The molecular weight excluding hydrogens is 671 g/mol. The molecule has 264 valence electrons. The van der Waals surface area contributed by atoms with Gasteiger partial charge in [-0.15, -0.1) is 0 Å². The van der Waals surface area contributed by atoms with E-state index >= 15 is 35.1 Å². The molecule has 0 fully saturated rings. The number of hydrogen-bond donors (Lipinski definition) is 0. The minimum absolute atomic E-state index is 0.258. The van der Waals surface area contributed by atoms with Crippen LogP contribution in [0.5, 0.6) is 0 Å². The molecule has 0 saturated heterocycles. The summed E-state index contributed by atoms with van der Waals surface area (Å²) in [6.07, 6.45) is -3.98. The van der Waals surface area contributed by atoms with Crippen LogP contribution in [-0.2, 0) is 80.1 Å². The van der Waals surface area contributed by atoms with E-state index in [1.54, 1.807) is 0 Å². The van der Waals surface area contributed by atoms with Crippen LogP contribution in [0, 0.1) is 0 Å². The molecule has 0 aliphatic rings. The molecule has 4 rings (SSSR count). The van der Waals surface area contributed by atoms with E-state index in [9.17, 15) is 17.6 Å². The Morgan fingerprint density at radius 1 is 0.245 bits per heavy atom. The zero-order valence-electron chi connectivity index (χ0n) is 26.2. The fourth-order valence-corrected chi connectivity index (χ4v) is 7.69. The molecule has 0 unspecified atom stereocenters. The maximum absolute atomic E-state index is 15.3. The van der Waals surface area contributed by atoms with Crippen molar-refractivity contribution >= 4 is 28.0 Å².